The van der Waals surface area contributed by atoms with Crippen LogP contribution in [0, 0.1) is 0 Å². The highest BCUT2D eigenvalue weighted by molar-refractivity contribution is 7.89. The van der Waals surface area contributed by atoms with Gasteiger partial charge in [-0.3, -0.25) is 9.69 Å². The van der Waals surface area contributed by atoms with Gasteiger partial charge in [0.25, 0.3) is 0 Å². The summed E-state index contributed by atoms with van der Waals surface area (Å²) < 4.78 is 38.2. The second kappa shape index (κ2) is 9.42. The summed E-state index contributed by atoms with van der Waals surface area (Å²) in [6.45, 7) is 3.35. The van der Waals surface area contributed by atoms with Crippen LogP contribution >= 0.6 is 0 Å². The molecule has 0 amide bonds. The van der Waals surface area contributed by atoms with Crippen LogP contribution in [0.2, 0.25) is 0 Å². The first-order valence-electron chi connectivity index (χ1n) is 10.7. The Kier molecular flexibility index (Phi) is 6.59. The van der Waals surface area contributed by atoms with Crippen molar-refractivity contribution in [3.05, 3.63) is 54.2 Å². The maximum atomic E-state index is 13.1. The zero-order valence-electron chi connectivity index (χ0n) is 18.5. The van der Waals surface area contributed by atoms with Gasteiger partial charge in [-0.05, 0) is 49.4 Å². The molecule has 0 saturated carbocycles. The van der Waals surface area contributed by atoms with E-state index in [2.05, 4.69) is 4.98 Å². The highest BCUT2D eigenvalue weighted by Gasteiger charge is 2.35. The van der Waals surface area contributed by atoms with E-state index in [1.807, 2.05) is 25.1 Å². The highest BCUT2D eigenvalue weighted by atomic mass is 32.2. The molecule has 2 heterocycles. The van der Waals surface area contributed by atoms with Gasteiger partial charge in [0.05, 0.1) is 18.6 Å². The van der Waals surface area contributed by atoms with Gasteiger partial charge >= 0.3 is 5.97 Å². The lowest BCUT2D eigenvalue weighted by Gasteiger charge is -2.37. The van der Waals surface area contributed by atoms with Crippen LogP contribution in [0.4, 0.5) is 0 Å². The van der Waals surface area contributed by atoms with Gasteiger partial charge < -0.3 is 19.6 Å². The Bertz CT molecular complexity index is 1230. The fourth-order valence-electron chi connectivity index (χ4n) is 4.19. The second-order valence-corrected chi connectivity index (χ2v) is 9.68. The molecular weight excluding hydrogens is 446 g/mol. The Morgan fingerprint density at radius 2 is 1.76 bits per heavy atom. The van der Waals surface area contributed by atoms with Crippen LogP contribution in [0.15, 0.2) is 53.6 Å². The number of piperazine rings is 1. The van der Waals surface area contributed by atoms with Crippen LogP contribution in [0.1, 0.15) is 18.5 Å². The Morgan fingerprint density at radius 1 is 1.09 bits per heavy atom. The van der Waals surface area contributed by atoms with Gasteiger partial charge in [0.15, 0.2) is 0 Å². The lowest BCUT2D eigenvalue weighted by Crippen LogP contribution is -2.50. The number of carbonyl (C=O) groups is 1. The van der Waals surface area contributed by atoms with Crippen molar-refractivity contribution < 1.29 is 27.8 Å². The first-order chi connectivity index (χ1) is 15.8. The van der Waals surface area contributed by atoms with Crippen molar-refractivity contribution >= 4 is 26.9 Å². The molecule has 0 spiro atoms. The molecule has 2 aromatic carbocycles. The first kappa shape index (κ1) is 23.1. The van der Waals surface area contributed by atoms with Crippen molar-refractivity contribution in [2.75, 3.05) is 39.9 Å². The Labute approximate surface area is 192 Å². The summed E-state index contributed by atoms with van der Waals surface area (Å²) in [6.07, 6.45) is 1.70. The van der Waals surface area contributed by atoms with Crippen LogP contribution in [-0.2, 0) is 14.8 Å². The number of aromatic amines is 1. The molecule has 0 bridgehead atoms. The minimum absolute atomic E-state index is 0.193. The van der Waals surface area contributed by atoms with E-state index in [9.17, 15) is 18.3 Å². The summed E-state index contributed by atoms with van der Waals surface area (Å²) >= 11 is 0. The Balaban J connectivity index is 1.52. The molecule has 9 nitrogen and oxygen atoms in total. The number of rotatable bonds is 8. The molecule has 33 heavy (non-hydrogen) atoms. The number of nitrogens with one attached hydrogen (secondary N) is 1. The smallest absolute Gasteiger partial charge is 0.325 e. The van der Waals surface area contributed by atoms with Gasteiger partial charge in [-0.2, -0.15) is 4.31 Å². The molecule has 1 saturated heterocycles. The number of ether oxygens (including phenoxy) is 2. The largest absolute Gasteiger partial charge is 0.497 e. The molecule has 10 heteroatoms. The van der Waals surface area contributed by atoms with E-state index in [0.29, 0.717) is 36.8 Å². The third-order valence-electron chi connectivity index (χ3n) is 5.86. The quantitative estimate of drug-likeness (QED) is 0.517. The van der Waals surface area contributed by atoms with Gasteiger partial charge in [-0.25, -0.2) is 8.42 Å². The van der Waals surface area contributed by atoms with Crippen molar-refractivity contribution in [3.8, 4) is 11.5 Å². The summed E-state index contributed by atoms with van der Waals surface area (Å²) in [5.74, 6) is 0.265. The first-order valence-corrected chi connectivity index (χ1v) is 12.1. The number of H-pyrrole nitrogens is 1. The molecule has 1 atom stereocenters. The standard InChI is InChI=1S/C23H27N3O6S/c1-3-32-16-4-7-18(8-5-16)33(29,30)26-12-10-25(11-13-26)22(23(27)28)20-15-24-21-9-6-17(31-2)14-19(20)21/h4-9,14-15,22,24H,3,10-13H2,1-2H3,(H,27,28). The molecule has 0 radical (unpaired) electrons. The average Bonchev–Trinajstić information content (AvgIpc) is 3.22. The van der Waals surface area contributed by atoms with Gasteiger partial charge in [-0.1, -0.05) is 0 Å². The van der Waals surface area contributed by atoms with Crippen LogP contribution in [0.3, 0.4) is 0 Å². The summed E-state index contributed by atoms with van der Waals surface area (Å²) in [5, 5.41) is 10.8. The van der Waals surface area contributed by atoms with Gasteiger partial charge in [0.1, 0.15) is 17.5 Å². The molecule has 4 rings (SSSR count). The third-order valence-corrected chi connectivity index (χ3v) is 7.77. The van der Waals surface area contributed by atoms with Crippen LogP contribution in [0.25, 0.3) is 10.9 Å². The predicted octanol–water partition coefficient (Wildman–Crippen LogP) is 2.71. The van der Waals surface area contributed by atoms with E-state index in [1.165, 1.54) is 16.4 Å². The van der Waals surface area contributed by atoms with Gasteiger partial charge in [-0.15, -0.1) is 0 Å². The maximum absolute atomic E-state index is 13.1. The fourth-order valence-corrected chi connectivity index (χ4v) is 5.61. The third kappa shape index (κ3) is 4.54. The van der Waals surface area contributed by atoms with E-state index >= 15 is 0 Å². The lowest BCUT2D eigenvalue weighted by atomic mass is 10.0. The summed E-state index contributed by atoms with van der Waals surface area (Å²) in [6, 6.07) is 10.9. The molecule has 0 aliphatic carbocycles. The molecule has 1 aliphatic heterocycles. The number of carboxylic acid groups (broad SMARTS) is 1. The van der Waals surface area contributed by atoms with Crippen molar-refractivity contribution in [1.29, 1.82) is 0 Å². The van der Waals surface area contributed by atoms with E-state index in [4.69, 9.17) is 9.47 Å². The number of carboxylic acids is 1. The van der Waals surface area contributed by atoms with Crippen molar-refractivity contribution in [3.63, 3.8) is 0 Å². The number of aromatic nitrogens is 1. The fraction of sp³-hybridized carbons (Fsp3) is 0.348. The molecule has 1 unspecified atom stereocenters. The molecule has 1 aromatic heterocycles. The zero-order chi connectivity index (χ0) is 23.6. The number of hydrogen-bond acceptors (Lipinski definition) is 6. The van der Waals surface area contributed by atoms with Crippen LogP contribution < -0.4 is 9.47 Å². The second-order valence-electron chi connectivity index (χ2n) is 7.74. The number of hydrogen-bond donors (Lipinski definition) is 2. The highest BCUT2D eigenvalue weighted by Crippen LogP contribution is 2.32. The van der Waals surface area contributed by atoms with E-state index < -0.39 is 22.0 Å². The average molecular weight is 474 g/mol. The molecule has 1 aliphatic rings. The molecule has 2 N–H and O–H groups in total. The predicted molar refractivity (Wildman–Crippen MR) is 123 cm³/mol. The molecular formula is C23H27N3O6S. The number of methoxy groups -OCH3 is 1. The summed E-state index contributed by atoms with van der Waals surface area (Å²) in [5.41, 5.74) is 1.44. The number of aliphatic carboxylic acids is 1. The Morgan fingerprint density at radius 3 is 2.36 bits per heavy atom. The van der Waals surface area contributed by atoms with Crippen LogP contribution in [0.5, 0.6) is 11.5 Å². The van der Waals surface area contributed by atoms with E-state index in [0.717, 1.165) is 10.9 Å². The van der Waals surface area contributed by atoms with Crippen molar-refractivity contribution in [1.82, 2.24) is 14.2 Å². The van der Waals surface area contributed by atoms with Gasteiger partial charge in [0, 0.05) is 48.8 Å². The minimum Gasteiger partial charge on any atom is -0.497 e. The maximum Gasteiger partial charge on any atom is 0.325 e. The number of fused-ring (bicyclic) bond motifs is 1. The SMILES string of the molecule is CCOc1ccc(S(=O)(=O)N2CCN(C(C(=O)O)c3c[nH]c4ccc(OC)cc34)CC2)cc1. The molecule has 3 aromatic rings. The van der Waals surface area contributed by atoms with Crippen LogP contribution in [-0.4, -0.2) is 73.6 Å². The lowest BCUT2D eigenvalue weighted by molar-refractivity contribution is -0.144. The minimum atomic E-state index is -3.68. The number of nitrogens with zero attached hydrogens (tertiary/aromatic N) is 2. The summed E-state index contributed by atoms with van der Waals surface area (Å²) in [7, 11) is -2.12. The zero-order valence-corrected chi connectivity index (χ0v) is 19.3. The molecule has 1 fully saturated rings. The normalized spacial score (nSPS) is 16.5. The Hall–Kier alpha value is -3.08. The molecule has 176 valence electrons. The monoisotopic (exact) mass is 473 g/mol. The number of sulfonamides is 1. The van der Waals surface area contributed by atoms with Gasteiger partial charge in [0.2, 0.25) is 10.0 Å². The van der Waals surface area contributed by atoms with E-state index in [-0.39, 0.29) is 18.0 Å². The van der Waals surface area contributed by atoms with E-state index in [1.54, 1.807) is 30.3 Å². The number of benzene rings is 2. The van der Waals surface area contributed by atoms with Crippen molar-refractivity contribution in [2.24, 2.45) is 0 Å². The van der Waals surface area contributed by atoms with Crippen molar-refractivity contribution in [2.45, 2.75) is 17.9 Å². The topological polar surface area (TPSA) is 112 Å². The summed E-state index contributed by atoms with van der Waals surface area (Å²) in [4.78, 5) is 17.4.